The van der Waals surface area contributed by atoms with Gasteiger partial charge in [0.15, 0.2) is 0 Å². The Hall–Kier alpha value is -2.02. The lowest BCUT2D eigenvalue weighted by Crippen LogP contribution is -2.08. The van der Waals surface area contributed by atoms with Crippen LogP contribution in [0.5, 0.6) is 0 Å². The number of hydrogen-bond donors (Lipinski definition) is 1. The van der Waals surface area contributed by atoms with E-state index in [4.69, 9.17) is 5.73 Å². The highest BCUT2D eigenvalue weighted by Gasteiger charge is 2.14. The molecular formula is C23H33N. The molecule has 0 fully saturated rings. The average Bonchev–Trinajstić information content (AvgIpc) is 2.60. The van der Waals surface area contributed by atoms with Crippen LogP contribution in [0, 0.1) is 5.41 Å². The van der Waals surface area contributed by atoms with Gasteiger partial charge in [-0.05, 0) is 59.2 Å². The standard InChI is InChI=1S/C21H27N.C2H6/c1-21(2,3)20(14-15-22)13-12-17-8-7-11-19(16-17)18-9-5-4-6-10-18;1-2/h4-5,7-9,11,13-16H,6,10,12,22H2,1-3H3;1-2H3/b15-14-,20-13+;. The zero-order chi connectivity index (χ0) is 18.0. The average molecular weight is 324 g/mol. The topological polar surface area (TPSA) is 26.0 Å². The van der Waals surface area contributed by atoms with Gasteiger partial charge in [0.25, 0.3) is 0 Å². The largest absolute Gasteiger partial charge is 0.405 e. The number of allylic oxidation sites excluding steroid dienone is 7. The molecule has 130 valence electrons. The first-order valence-corrected chi connectivity index (χ1v) is 9.04. The fourth-order valence-electron chi connectivity index (χ4n) is 2.70. The fourth-order valence-corrected chi connectivity index (χ4v) is 2.70. The van der Waals surface area contributed by atoms with Crippen LogP contribution >= 0.6 is 0 Å². The Morgan fingerprint density at radius 1 is 1.21 bits per heavy atom. The van der Waals surface area contributed by atoms with E-state index in [1.165, 1.54) is 22.3 Å². The lowest BCUT2D eigenvalue weighted by molar-refractivity contribution is 0.515. The third-order valence-corrected chi connectivity index (χ3v) is 4.01. The minimum absolute atomic E-state index is 0.115. The van der Waals surface area contributed by atoms with Crippen LogP contribution in [0.3, 0.4) is 0 Å². The molecule has 0 spiro atoms. The first-order valence-electron chi connectivity index (χ1n) is 9.04. The summed E-state index contributed by atoms with van der Waals surface area (Å²) in [5.41, 5.74) is 11.1. The summed E-state index contributed by atoms with van der Waals surface area (Å²) < 4.78 is 0. The van der Waals surface area contributed by atoms with E-state index in [1.807, 2.05) is 19.9 Å². The molecule has 0 aromatic heterocycles. The second-order valence-corrected chi connectivity index (χ2v) is 6.83. The van der Waals surface area contributed by atoms with Crippen LogP contribution in [0.15, 0.2) is 66.4 Å². The van der Waals surface area contributed by atoms with Gasteiger partial charge in [0.2, 0.25) is 0 Å². The number of nitrogens with two attached hydrogens (primary N) is 1. The van der Waals surface area contributed by atoms with Crippen LogP contribution in [0.2, 0.25) is 0 Å². The summed E-state index contributed by atoms with van der Waals surface area (Å²) in [5.74, 6) is 0. The first kappa shape index (κ1) is 20.0. The number of hydrogen-bond acceptors (Lipinski definition) is 1. The second-order valence-electron chi connectivity index (χ2n) is 6.83. The fraction of sp³-hybridized carbons (Fsp3) is 0.391. The van der Waals surface area contributed by atoms with Crippen molar-refractivity contribution in [2.24, 2.45) is 11.1 Å². The maximum Gasteiger partial charge on any atom is -0.00595 e. The van der Waals surface area contributed by atoms with Gasteiger partial charge in [0.1, 0.15) is 0 Å². The van der Waals surface area contributed by atoms with Crippen molar-refractivity contribution in [2.45, 2.75) is 53.9 Å². The third-order valence-electron chi connectivity index (χ3n) is 4.01. The van der Waals surface area contributed by atoms with E-state index in [1.54, 1.807) is 6.20 Å². The molecule has 0 unspecified atom stereocenters. The van der Waals surface area contributed by atoms with Gasteiger partial charge >= 0.3 is 0 Å². The summed E-state index contributed by atoms with van der Waals surface area (Å²) in [6.07, 6.45) is 15.8. The molecule has 1 aliphatic carbocycles. The molecular weight excluding hydrogens is 290 g/mol. The zero-order valence-corrected chi connectivity index (χ0v) is 16.0. The highest BCUT2D eigenvalue weighted by molar-refractivity contribution is 5.68. The van der Waals surface area contributed by atoms with Crippen LogP contribution in [0.1, 0.15) is 58.6 Å². The highest BCUT2D eigenvalue weighted by atomic mass is 14.5. The van der Waals surface area contributed by atoms with Crippen molar-refractivity contribution in [3.63, 3.8) is 0 Å². The molecule has 1 aliphatic rings. The molecule has 2 rings (SSSR count). The Kier molecular flexibility index (Phi) is 8.32. The van der Waals surface area contributed by atoms with E-state index in [0.717, 1.165) is 19.3 Å². The van der Waals surface area contributed by atoms with Gasteiger partial charge in [0, 0.05) is 0 Å². The van der Waals surface area contributed by atoms with Gasteiger partial charge in [-0.2, -0.15) is 0 Å². The summed E-state index contributed by atoms with van der Waals surface area (Å²) in [4.78, 5) is 0. The van der Waals surface area contributed by atoms with Gasteiger partial charge in [-0.15, -0.1) is 0 Å². The molecule has 0 amide bonds. The summed E-state index contributed by atoms with van der Waals surface area (Å²) in [7, 11) is 0. The lowest BCUT2D eigenvalue weighted by atomic mass is 9.85. The van der Waals surface area contributed by atoms with E-state index < -0.39 is 0 Å². The molecule has 24 heavy (non-hydrogen) atoms. The molecule has 0 saturated carbocycles. The molecule has 1 aromatic rings. The Morgan fingerprint density at radius 2 is 1.96 bits per heavy atom. The Labute approximate surface area is 148 Å². The van der Waals surface area contributed by atoms with Crippen molar-refractivity contribution >= 4 is 5.57 Å². The smallest absolute Gasteiger partial charge is 0.00595 e. The Balaban J connectivity index is 0.00000139. The molecule has 0 saturated heterocycles. The highest BCUT2D eigenvalue weighted by Crippen LogP contribution is 2.27. The van der Waals surface area contributed by atoms with Crippen LogP contribution in [0.4, 0.5) is 0 Å². The lowest BCUT2D eigenvalue weighted by Gasteiger charge is -2.20. The molecule has 0 aliphatic heterocycles. The summed E-state index contributed by atoms with van der Waals surface area (Å²) in [5, 5.41) is 0. The number of rotatable bonds is 4. The minimum Gasteiger partial charge on any atom is -0.405 e. The molecule has 1 nitrogen and oxygen atoms in total. The van der Waals surface area contributed by atoms with E-state index in [9.17, 15) is 0 Å². The monoisotopic (exact) mass is 323 g/mol. The molecule has 2 N–H and O–H groups in total. The SMILES string of the molecule is CC.CC(C)(C)C(/C=C\N)=C/Cc1cccc(C2=CC=CCC2)c1. The van der Waals surface area contributed by atoms with Crippen molar-refractivity contribution in [2.75, 3.05) is 0 Å². The molecule has 1 heteroatoms. The van der Waals surface area contributed by atoms with Crippen molar-refractivity contribution in [1.29, 1.82) is 0 Å². The van der Waals surface area contributed by atoms with Crippen molar-refractivity contribution in [3.8, 4) is 0 Å². The first-order chi connectivity index (χ1) is 11.5. The molecule has 1 aromatic carbocycles. The molecule has 0 atom stereocenters. The van der Waals surface area contributed by atoms with Crippen LogP contribution in [-0.2, 0) is 6.42 Å². The van der Waals surface area contributed by atoms with Gasteiger partial charge in [0.05, 0.1) is 0 Å². The second kappa shape index (κ2) is 9.97. The predicted octanol–water partition coefficient (Wildman–Crippen LogP) is 6.43. The molecule has 0 bridgehead atoms. The Morgan fingerprint density at radius 3 is 2.54 bits per heavy atom. The normalized spacial score (nSPS) is 15.0. The predicted molar refractivity (Wildman–Crippen MR) is 109 cm³/mol. The zero-order valence-electron chi connectivity index (χ0n) is 16.0. The van der Waals surface area contributed by atoms with Gasteiger partial charge in [-0.3, -0.25) is 0 Å². The van der Waals surface area contributed by atoms with Crippen LogP contribution < -0.4 is 5.73 Å². The van der Waals surface area contributed by atoms with E-state index in [0.29, 0.717) is 0 Å². The molecule has 0 heterocycles. The van der Waals surface area contributed by atoms with Gasteiger partial charge < -0.3 is 5.73 Å². The van der Waals surface area contributed by atoms with Crippen molar-refractivity contribution < 1.29 is 0 Å². The summed E-state index contributed by atoms with van der Waals surface area (Å²) >= 11 is 0. The van der Waals surface area contributed by atoms with Gasteiger partial charge in [-0.25, -0.2) is 0 Å². The quantitative estimate of drug-likeness (QED) is 0.634. The summed E-state index contributed by atoms with van der Waals surface area (Å²) in [6.45, 7) is 10.7. The van der Waals surface area contributed by atoms with Crippen molar-refractivity contribution in [3.05, 3.63) is 77.5 Å². The van der Waals surface area contributed by atoms with E-state index in [-0.39, 0.29) is 5.41 Å². The maximum absolute atomic E-state index is 5.58. The minimum atomic E-state index is 0.115. The van der Waals surface area contributed by atoms with E-state index in [2.05, 4.69) is 69.3 Å². The van der Waals surface area contributed by atoms with Gasteiger partial charge in [-0.1, -0.05) is 83.2 Å². The summed E-state index contributed by atoms with van der Waals surface area (Å²) in [6, 6.07) is 8.88. The van der Waals surface area contributed by atoms with Crippen molar-refractivity contribution in [1.82, 2.24) is 0 Å². The Bertz CT molecular complexity index is 622. The van der Waals surface area contributed by atoms with E-state index >= 15 is 0 Å². The number of benzene rings is 1. The van der Waals surface area contributed by atoms with Crippen LogP contribution in [-0.4, -0.2) is 0 Å². The maximum atomic E-state index is 5.58. The van der Waals surface area contributed by atoms with Crippen LogP contribution in [0.25, 0.3) is 5.57 Å². The molecule has 0 radical (unpaired) electrons. The third kappa shape index (κ3) is 6.23.